The van der Waals surface area contributed by atoms with Crippen molar-refractivity contribution in [2.24, 2.45) is 0 Å². The number of nitrogens with zero attached hydrogens (tertiary/aromatic N) is 6. The number of rotatable bonds is 8. The van der Waals surface area contributed by atoms with E-state index in [1.54, 1.807) is 49.4 Å². The highest BCUT2D eigenvalue weighted by molar-refractivity contribution is 5.26. The van der Waals surface area contributed by atoms with Crippen LogP contribution < -0.4 is 14.2 Å². The van der Waals surface area contributed by atoms with Crippen LogP contribution in [0.1, 0.15) is 17.5 Å². The Morgan fingerprint density at radius 3 is 1.72 bits per heavy atom. The quantitative estimate of drug-likeness (QED) is 0.401. The van der Waals surface area contributed by atoms with Crippen LogP contribution >= 0.6 is 0 Å². The van der Waals surface area contributed by atoms with Crippen LogP contribution in [0.5, 0.6) is 29.5 Å². The summed E-state index contributed by atoms with van der Waals surface area (Å²) in [4.78, 5) is 24.5. The van der Waals surface area contributed by atoms with Gasteiger partial charge in [-0.05, 0) is 31.2 Å². The average Bonchev–Trinajstić information content (AvgIpc) is 2.74. The number of hydrogen-bond donors (Lipinski definition) is 0. The summed E-state index contributed by atoms with van der Waals surface area (Å²) >= 11 is 0. The molecule has 2 aromatic carbocycles. The molecule has 0 aliphatic heterocycles. The molecule has 0 saturated carbocycles. The van der Waals surface area contributed by atoms with Gasteiger partial charge in [0, 0.05) is 0 Å². The number of hydrogen-bond acceptors (Lipinski definition) is 9. The fraction of sp³-hybridized carbons (Fsp3) is 0.143. The van der Waals surface area contributed by atoms with Gasteiger partial charge in [-0.15, -0.1) is 4.98 Å². The highest BCUT2D eigenvalue weighted by Crippen LogP contribution is 2.21. The highest BCUT2D eigenvalue weighted by atomic mass is 19.3. The van der Waals surface area contributed by atoms with Gasteiger partial charge in [-0.3, -0.25) is 0 Å². The second-order valence-electron chi connectivity index (χ2n) is 6.28. The Kier molecular flexibility index (Phi) is 6.35. The van der Waals surface area contributed by atoms with Gasteiger partial charge >= 0.3 is 24.6 Å². The Bertz CT molecular complexity index is 1180. The van der Waals surface area contributed by atoms with E-state index < -0.39 is 12.6 Å². The van der Waals surface area contributed by atoms with E-state index in [2.05, 4.69) is 34.6 Å². The molecule has 32 heavy (non-hydrogen) atoms. The summed E-state index contributed by atoms with van der Waals surface area (Å²) in [5.74, 6) is 1.71. The molecule has 9 nitrogen and oxygen atoms in total. The zero-order valence-electron chi connectivity index (χ0n) is 16.7. The molecule has 0 atom stereocenters. The second kappa shape index (κ2) is 9.69. The number of para-hydroxylation sites is 2. The van der Waals surface area contributed by atoms with Crippen molar-refractivity contribution in [1.29, 1.82) is 0 Å². The molecule has 0 fully saturated rings. The minimum Gasteiger partial charge on any atom is -0.424 e. The third-order valence-corrected chi connectivity index (χ3v) is 3.83. The van der Waals surface area contributed by atoms with Crippen molar-refractivity contribution >= 4 is 0 Å². The molecule has 11 heteroatoms. The number of halogens is 2. The fourth-order valence-electron chi connectivity index (χ4n) is 2.60. The molecule has 162 valence electrons. The molecule has 4 aromatic rings. The van der Waals surface area contributed by atoms with Crippen molar-refractivity contribution in [3.05, 3.63) is 78.1 Å². The third kappa shape index (κ3) is 5.88. The van der Waals surface area contributed by atoms with Gasteiger partial charge in [0.15, 0.2) is 0 Å². The van der Waals surface area contributed by atoms with Crippen molar-refractivity contribution in [1.82, 2.24) is 29.9 Å². The van der Waals surface area contributed by atoms with Crippen LogP contribution in [0.25, 0.3) is 0 Å². The predicted molar refractivity (Wildman–Crippen MR) is 107 cm³/mol. The zero-order valence-corrected chi connectivity index (χ0v) is 16.7. The number of ether oxygens (including phenoxy) is 3. The first-order valence-electron chi connectivity index (χ1n) is 9.40. The summed E-state index contributed by atoms with van der Waals surface area (Å²) in [6.45, 7) is -1.44. The van der Waals surface area contributed by atoms with Gasteiger partial charge in [0.1, 0.15) is 29.0 Å². The lowest BCUT2D eigenvalue weighted by atomic mass is 10.3. The van der Waals surface area contributed by atoms with E-state index in [1.165, 1.54) is 0 Å². The van der Waals surface area contributed by atoms with E-state index in [-0.39, 0.29) is 30.1 Å². The molecular weight excluding hydrogens is 422 g/mol. The van der Waals surface area contributed by atoms with Crippen LogP contribution in [0.15, 0.2) is 60.7 Å². The monoisotopic (exact) mass is 438 g/mol. The van der Waals surface area contributed by atoms with Crippen LogP contribution in [-0.2, 0) is 6.42 Å². The van der Waals surface area contributed by atoms with Crippen molar-refractivity contribution in [2.75, 3.05) is 0 Å². The van der Waals surface area contributed by atoms with Crippen molar-refractivity contribution in [3.8, 4) is 29.5 Å². The maximum atomic E-state index is 12.7. The van der Waals surface area contributed by atoms with E-state index in [4.69, 9.17) is 9.47 Å². The van der Waals surface area contributed by atoms with E-state index in [9.17, 15) is 8.78 Å². The van der Waals surface area contributed by atoms with Crippen LogP contribution in [0.2, 0.25) is 0 Å². The minimum absolute atomic E-state index is 0.0260. The van der Waals surface area contributed by atoms with Crippen LogP contribution in [0, 0.1) is 6.92 Å². The van der Waals surface area contributed by atoms with Crippen LogP contribution in [0.3, 0.4) is 0 Å². The number of aryl methyl sites for hydroxylation is 1. The van der Waals surface area contributed by atoms with Crippen LogP contribution in [-0.4, -0.2) is 36.5 Å². The topological polar surface area (TPSA) is 105 Å². The van der Waals surface area contributed by atoms with Gasteiger partial charge in [-0.1, -0.05) is 36.4 Å². The Balaban J connectivity index is 1.60. The van der Waals surface area contributed by atoms with E-state index in [1.807, 2.05) is 18.2 Å². The molecule has 2 heterocycles. The van der Waals surface area contributed by atoms with Gasteiger partial charge in [0.05, 0.1) is 6.42 Å². The molecular formula is C21H16F2N6O3. The Hall–Kier alpha value is -4.28. The Labute approximate surface area is 181 Å². The van der Waals surface area contributed by atoms with E-state index in [0.29, 0.717) is 17.3 Å². The summed E-state index contributed by atoms with van der Waals surface area (Å²) < 4.78 is 41.0. The van der Waals surface area contributed by atoms with Gasteiger partial charge < -0.3 is 14.2 Å². The fourth-order valence-corrected chi connectivity index (χ4v) is 2.60. The number of alkyl halides is 2. The average molecular weight is 438 g/mol. The molecule has 0 aliphatic rings. The summed E-state index contributed by atoms with van der Waals surface area (Å²) in [6, 6.07) is 16.9. The maximum absolute atomic E-state index is 12.7. The molecule has 0 spiro atoms. The largest absolute Gasteiger partial charge is 0.424 e. The van der Waals surface area contributed by atoms with E-state index >= 15 is 0 Å². The van der Waals surface area contributed by atoms with E-state index in [0.717, 1.165) is 0 Å². The van der Waals surface area contributed by atoms with Crippen molar-refractivity contribution < 1.29 is 23.0 Å². The molecule has 0 bridgehead atoms. The third-order valence-electron chi connectivity index (χ3n) is 3.83. The molecule has 0 aliphatic carbocycles. The van der Waals surface area contributed by atoms with Gasteiger partial charge in [-0.2, -0.15) is 28.7 Å². The summed E-state index contributed by atoms with van der Waals surface area (Å²) in [6.07, 6.45) is -0.0260. The lowest BCUT2D eigenvalue weighted by Crippen LogP contribution is -2.11. The smallest absolute Gasteiger partial charge is 0.389 e. The SMILES string of the molecule is Cc1nc(Cc2nc(Oc3ccccc3)nc(OC(F)F)n2)nc(Oc2ccccc2)n1. The minimum atomic E-state index is -3.11. The summed E-state index contributed by atoms with van der Waals surface area (Å²) in [7, 11) is 0. The maximum Gasteiger partial charge on any atom is 0.389 e. The molecule has 4 rings (SSSR count). The lowest BCUT2D eigenvalue weighted by Gasteiger charge is -2.09. The first-order chi connectivity index (χ1) is 15.5. The van der Waals surface area contributed by atoms with Gasteiger partial charge in [-0.25, -0.2) is 4.98 Å². The molecule has 0 N–H and O–H groups in total. The van der Waals surface area contributed by atoms with Gasteiger partial charge in [0.25, 0.3) is 0 Å². The lowest BCUT2D eigenvalue weighted by molar-refractivity contribution is -0.0565. The standard InChI is InChI=1S/C21H16F2N6O3/c1-13-24-16(26-19(25-13)30-14-8-4-2-5-9-14)12-17-27-20(29-21(28-17)32-18(22)23)31-15-10-6-3-7-11-15/h2-11,18H,12H2,1H3. The van der Waals surface area contributed by atoms with Gasteiger partial charge in [0.2, 0.25) is 0 Å². The number of benzene rings is 2. The highest BCUT2D eigenvalue weighted by Gasteiger charge is 2.16. The zero-order chi connectivity index (χ0) is 22.3. The molecule has 0 unspecified atom stereocenters. The Morgan fingerprint density at radius 2 is 1.16 bits per heavy atom. The van der Waals surface area contributed by atoms with Crippen LogP contribution in [0.4, 0.5) is 8.78 Å². The first-order valence-corrected chi connectivity index (χ1v) is 9.40. The second-order valence-corrected chi connectivity index (χ2v) is 6.28. The summed E-state index contributed by atoms with van der Waals surface area (Å²) in [5, 5.41) is 0. The van der Waals surface area contributed by atoms with Crippen molar-refractivity contribution in [3.63, 3.8) is 0 Å². The normalized spacial score (nSPS) is 10.8. The predicted octanol–water partition coefficient (Wildman–Crippen LogP) is 4.14. The molecule has 0 amide bonds. The first kappa shape index (κ1) is 21.0. The number of aromatic nitrogens is 6. The molecule has 0 saturated heterocycles. The van der Waals surface area contributed by atoms with Crippen molar-refractivity contribution in [2.45, 2.75) is 20.0 Å². The Morgan fingerprint density at radius 1 is 0.656 bits per heavy atom. The summed E-state index contributed by atoms with van der Waals surface area (Å²) in [5.41, 5.74) is 0. The molecule has 2 aromatic heterocycles. The molecule has 0 radical (unpaired) electrons.